The van der Waals surface area contributed by atoms with Crippen molar-refractivity contribution in [2.24, 2.45) is 0 Å². The Bertz CT molecular complexity index is 755. The van der Waals surface area contributed by atoms with E-state index in [9.17, 15) is 0 Å². The highest BCUT2D eigenvalue weighted by atomic mass is 35.5. The van der Waals surface area contributed by atoms with Crippen molar-refractivity contribution in [3.05, 3.63) is 59.3 Å². The van der Waals surface area contributed by atoms with Crippen molar-refractivity contribution < 1.29 is 4.42 Å². The molecule has 0 saturated carbocycles. The zero-order valence-electron chi connectivity index (χ0n) is 12.1. The molecule has 0 aliphatic rings. The molecule has 2 heterocycles. The fourth-order valence-corrected chi connectivity index (χ4v) is 2.14. The highest BCUT2D eigenvalue weighted by Gasteiger charge is 2.06. The summed E-state index contributed by atoms with van der Waals surface area (Å²) in [5.74, 6) is 1.28. The van der Waals surface area contributed by atoms with Crippen molar-refractivity contribution in [3.63, 3.8) is 0 Å². The van der Waals surface area contributed by atoms with E-state index >= 15 is 0 Å². The lowest BCUT2D eigenvalue weighted by Crippen LogP contribution is -2.06. The summed E-state index contributed by atoms with van der Waals surface area (Å²) in [7, 11) is 0. The molecule has 22 heavy (non-hydrogen) atoms. The smallest absolute Gasteiger partial charge is 0.226 e. The van der Waals surface area contributed by atoms with Gasteiger partial charge in [0, 0.05) is 18.5 Å². The van der Waals surface area contributed by atoms with Gasteiger partial charge in [-0.3, -0.25) is 4.98 Å². The average molecular weight is 315 g/mol. The van der Waals surface area contributed by atoms with Crippen molar-refractivity contribution in [1.82, 2.24) is 15.0 Å². The first-order valence-electron chi connectivity index (χ1n) is 6.93. The minimum absolute atomic E-state index is 0.369. The molecule has 0 atom stereocenters. The lowest BCUT2D eigenvalue weighted by Gasteiger charge is -2.03. The van der Waals surface area contributed by atoms with Crippen LogP contribution >= 0.6 is 11.6 Å². The third-order valence-corrected chi connectivity index (χ3v) is 3.32. The maximum absolute atomic E-state index is 5.78. The highest BCUT2D eigenvalue weighted by Crippen LogP contribution is 2.19. The van der Waals surface area contributed by atoms with Crippen LogP contribution in [0.25, 0.3) is 11.5 Å². The summed E-state index contributed by atoms with van der Waals surface area (Å²) < 4.78 is 5.52. The lowest BCUT2D eigenvalue weighted by atomic mass is 10.1. The number of aromatic nitrogens is 3. The number of nitrogens with one attached hydrogen (secondary N) is 1. The molecular weight excluding hydrogens is 300 g/mol. The third kappa shape index (κ3) is 3.62. The second kappa shape index (κ2) is 6.58. The van der Waals surface area contributed by atoms with Crippen LogP contribution in [0, 0.1) is 6.92 Å². The number of hydrogen-bond donors (Lipinski definition) is 1. The first-order valence-corrected chi connectivity index (χ1v) is 7.31. The van der Waals surface area contributed by atoms with Gasteiger partial charge < -0.3 is 9.73 Å². The predicted molar refractivity (Wildman–Crippen MR) is 85.9 cm³/mol. The van der Waals surface area contributed by atoms with Gasteiger partial charge in [0.2, 0.25) is 5.89 Å². The Labute approximate surface area is 133 Å². The van der Waals surface area contributed by atoms with Gasteiger partial charge in [-0.25, -0.2) is 9.97 Å². The van der Waals surface area contributed by atoms with E-state index in [1.807, 2.05) is 24.3 Å². The van der Waals surface area contributed by atoms with Gasteiger partial charge >= 0.3 is 0 Å². The molecule has 2 aromatic heterocycles. The second-order valence-corrected chi connectivity index (χ2v) is 5.30. The number of rotatable bonds is 5. The Morgan fingerprint density at radius 3 is 2.73 bits per heavy atom. The quantitative estimate of drug-likeness (QED) is 0.777. The Kier molecular flexibility index (Phi) is 4.34. The molecule has 0 radical (unpaired) electrons. The van der Waals surface area contributed by atoms with Crippen molar-refractivity contribution in [2.75, 3.05) is 11.9 Å². The summed E-state index contributed by atoms with van der Waals surface area (Å²) >= 11 is 5.78. The van der Waals surface area contributed by atoms with Crippen LogP contribution in [0.1, 0.15) is 11.3 Å². The molecule has 0 unspecified atom stereocenters. The summed E-state index contributed by atoms with van der Waals surface area (Å²) in [6.45, 7) is 2.73. The molecule has 0 spiro atoms. The average Bonchev–Trinajstić information content (AvgIpc) is 2.97. The summed E-state index contributed by atoms with van der Waals surface area (Å²) in [6, 6.07) is 8.09. The van der Waals surface area contributed by atoms with Gasteiger partial charge in [-0.15, -0.1) is 0 Å². The van der Waals surface area contributed by atoms with Crippen molar-refractivity contribution in [1.29, 1.82) is 0 Å². The first-order chi connectivity index (χ1) is 10.7. The minimum Gasteiger partial charge on any atom is -0.444 e. The maximum atomic E-state index is 5.78. The van der Waals surface area contributed by atoms with E-state index in [0.29, 0.717) is 23.4 Å². The van der Waals surface area contributed by atoms with Crippen LogP contribution in [0.4, 0.5) is 5.82 Å². The molecule has 0 bridgehead atoms. The van der Waals surface area contributed by atoms with E-state index in [1.165, 1.54) is 11.8 Å². The molecule has 0 aliphatic heterocycles. The van der Waals surface area contributed by atoms with Crippen LogP contribution in [-0.2, 0) is 6.42 Å². The minimum atomic E-state index is 0.369. The number of halogens is 1. The van der Waals surface area contributed by atoms with Gasteiger partial charge in [0.05, 0.1) is 18.1 Å². The largest absolute Gasteiger partial charge is 0.444 e. The number of oxazole rings is 1. The number of benzene rings is 1. The summed E-state index contributed by atoms with van der Waals surface area (Å²) in [6.07, 6.45) is 5.54. The zero-order valence-corrected chi connectivity index (χ0v) is 12.8. The van der Waals surface area contributed by atoms with E-state index in [-0.39, 0.29) is 0 Å². The van der Waals surface area contributed by atoms with E-state index < -0.39 is 0 Å². The second-order valence-electron chi connectivity index (χ2n) is 4.91. The van der Waals surface area contributed by atoms with E-state index in [4.69, 9.17) is 16.0 Å². The number of anilines is 1. The number of nitrogens with zero attached hydrogens (tertiary/aromatic N) is 3. The molecule has 5 nitrogen and oxygen atoms in total. The number of aryl methyl sites for hydroxylation is 1. The zero-order chi connectivity index (χ0) is 15.4. The van der Waals surface area contributed by atoms with E-state index in [1.54, 1.807) is 12.5 Å². The van der Waals surface area contributed by atoms with Crippen LogP contribution in [-0.4, -0.2) is 21.5 Å². The Balaban J connectivity index is 1.59. The highest BCUT2D eigenvalue weighted by molar-refractivity contribution is 6.29. The Morgan fingerprint density at radius 2 is 1.95 bits per heavy atom. The maximum Gasteiger partial charge on any atom is 0.226 e. The number of hydrogen-bond acceptors (Lipinski definition) is 5. The van der Waals surface area contributed by atoms with Crippen LogP contribution in [0.2, 0.25) is 5.15 Å². The fraction of sp³-hybridized carbons (Fsp3) is 0.188. The molecule has 0 saturated heterocycles. The van der Waals surface area contributed by atoms with Crippen LogP contribution in [0.15, 0.2) is 47.3 Å². The van der Waals surface area contributed by atoms with Crippen molar-refractivity contribution in [2.45, 2.75) is 13.3 Å². The van der Waals surface area contributed by atoms with Gasteiger partial charge in [-0.2, -0.15) is 0 Å². The summed E-state index contributed by atoms with van der Waals surface area (Å²) in [4.78, 5) is 12.6. The summed E-state index contributed by atoms with van der Waals surface area (Å²) in [5.41, 5.74) is 3.07. The molecule has 0 fully saturated rings. The normalized spacial score (nSPS) is 10.6. The molecule has 0 amide bonds. The molecule has 112 valence electrons. The molecule has 3 aromatic rings. The van der Waals surface area contributed by atoms with E-state index in [0.717, 1.165) is 17.7 Å². The first kappa shape index (κ1) is 14.5. The molecular formula is C16H15ClN4O. The Hall–Kier alpha value is -2.40. The third-order valence-electron chi connectivity index (χ3n) is 3.14. The Morgan fingerprint density at radius 1 is 1.14 bits per heavy atom. The van der Waals surface area contributed by atoms with Crippen LogP contribution < -0.4 is 5.32 Å². The SMILES string of the molecule is Cc1ccc(-c2nc(CCNc3cncc(Cl)n3)co2)cc1. The van der Waals surface area contributed by atoms with Crippen molar-refractivity contribution >= 4 is 17.4 Å². The fourth-order valence-electron chi connectivity index (χ4n) is 2.00. The molecule has 1 N–H and O–H groups in total. The lowest BCUT2D eigenvalue weighted by molar-refractivity contribution is 0.572. The van der Waals surface area contributed by atoms with Gasteiger partial charge in [0.25, 0.3) is 0 Å². The molecule has 6 heteroatoms. The van der Waals surface area contributed by atoms with Crippen molar-refractivity contribution in [3.8, 4) is 11.5 Å². The standard InChI is InChI=1S/C16H15ClN4O/c1-11-2-4-12(5-3-11)16-20-13(10-22-16)6-7-19-15-9-18-8-14(17)21-15/h2-5,8-10H,6-7H2,1H3,(H,19,21). The molecule has 0 aliphatic carbocycles. The predicted octanol–water partition coefficient (Wildman–Crippen LogP) is 3.75. The topological polar surface area (TPSA) is 63.8 Å². The van der Waals surface area contributed by atoms with Gasteiger partial charge in [0.15, 0.2) is 0 Å². The van der Waals surface area contributed by atoms with Gasteiger partial charge in [0.1, 0.15) is 17.2 Å². The van der Waals surface area contributed by atoms with Gasteiger partial charge in [-0.1, -0.05) is 29.3 Å². The molecule has 1 aromatic carbocycles. The van der Waals surface area contributed by atoms with Crippen LogP contribution in [0.5, 0.6) is 0 Å². The van der Waals surface area contributed by atoms with Crippen LogP contribution in [0.3, 0.4) is 0 Å². The molecule has 3 rings (SSSR count). The van der Waals surface area contributed by atoms with Gasteiger partial charge in [-0.05, 0) is 19.1 Å². The summed E-state index contributed by atoms with van der Waals surface area (Å²) in [5, 5.41) is 3.52. The van der Waals surface area contributed by atoms with E-state index in [2.05, 4.69) is 27.2 Å². The monoisotopic (exact) mass is 314 g/mol.